The molecule has 6 fully saturated rings. The second-order valence-corrected chi connectivity index (χ2v) is 18.0. The van der Waals surface area contributed by atoms with E-state index in [0.717, 1.165) is 14.2 Å². The zero-order chi connectivity index (χ0) is 52.9. The van der Waals surface area contributed by atoms with Crippen LogP contribution in [0.1, 0.15) is 0 Å². The molecule has 6 heterocycles. The monoisotopic (exact) mass is 1060 g/mol. The molecule has 0 aliphatic carbocycles. The lowest BCUT2D eigenvalue weighted by molar-refractivity contribution is -0.394. The van der Waals surface area contributed by atoms with Gasteiger partial charge in [0, 0.05) is 35.5 Å². The Morgan fingerprint density at radius 2 is 0.639 bits per heavy atom. The third-order valence-corrected chi connectivity index (χ3v) is 13.5. The van der Waals surface area contributed by atoms with Crippen LogP contribution in [0.2, 0.25) is 0 Å². The molecule has 72 heavy (non-hydrogen) atoms. The van der Waals surface area contributed by atoms with Crippen molar-refractivity contribution < 1.29 is 152 Å². The average Bonchev–Trinajstić information content (AvgIpc) is 3.37. The van der Waals surface area contributed by atoms with E-state index in [0.29, 0.717) is 0 Å². The topological polar surface area (TPSA) is 451 Å². The first kappa shape index (κ1) is 60.0. The van der Waals surface area contributed by atoms with E-state index in [1.54, 1.807) is 0 Å². The van der Waals surface area contributed by atoms with Crippen LogP contribution < -0.4 is 0 Å². The lowest BCUT2D eigenvalue weighted by atomic mass is 9.95. The number of hydrogen-bond donors (Lipinski definition) is 15. The fraction of sp³-hybridized carbons (Fsp3) is 1.00. The van der Waals surface area contributed by atoms with Crippen molar-refractivity contribution in [1.29, 1.82) is 0 Å². The molecule has 6 saturated heterocycles. The Kier molecular flexibility index (Phi) is 22.4. The predicted molar refractivity (Wildman–Crippen MR) is 223 cm³/mol. The van der Waals surface area contributed by atoms with Gasteiger partial charge in [0.1, 0.15) is 146 Å². The van der Waals surface area contributed by atoms with Gasteiger partial charge in [0.15, 0.2) is 37.7 Å². The van der Waals surface area contributed by atoms with Crippen molar-refractivity contribution in [3.8, 4) is 0 Å². The number of ether oxygens (including phenoxy) is 16. The molecule has 0 aromatic heterocycles. The van der Waals surface area contributed by atoms with Crippen LogP contribution in [0.15, 0.2) is 0 Å². The van der Waals surface area contributed by atoms with Gasteiger partial charge in [-0.05, 0) is 0 Å². The lowest BCUT2D eigenvalue weighted by Crippen LogP contribution is -2.67. The summed E-state index contributed by atoms with van der Waals surface area (Å²) in [6, 6.07) is 0. The quantitative estimate of drug-likeness (QED) is 0.0507. The molecule has 6 rings (SSSR count). The van der Waals surface area contributed by atoms with Crippen molar-refractivity contribution in [1.82, 2.24) is 0 Å². The molecule has 0 bridgehead atoms. The zero-order valence-electron chi connectivity index (χ0n) is 39.8. The molecule has 31 nitrogen and oxygen atoms in total. The molecular weight excluding hydrogens is 988 g/mol. The second-order valence-electron chi connectivity index (χ2n) is 18.0. The van der Waals surface area contributed by atoms with Crippen LogP contribution in [0.3, 0.4) is 0 Å². The van der Waals surface area contributed by atoms with Crippen molar-refractivity contribution in [2.24, 2.45) is 0 Å². The predicted octanol–water partition coefficient (Wildman–Crippen LogP) is -10.8. The fourth-order valence-corrected chi connectivity index (χ4v) is 9.39. The van der Waals surface area contributed by atoms with Gasteiger partial charge in [0.25, 0.3) is 0 Å². The largest absolute Gasteiger partial charge is 0.394 e. The first-order chi connectivity index (χ1) is 34.3. The summed E-state index contributed by atoms with van der Waals surface area (Å²) in [4.78, 5) is 0. The smallest absolute Gasteiger partial charge is 0.187 e. The summed E-state index contributed by atoms with van der Waals surface area (Å²) in [7, 11) is 5.92. The van der Waals surface area contributed by atoms with E-state index in [1.165, 1.54) is 21.3 Å². The second kappa shape index (κ2) is 26.9. The Labute approximate surface area is 411 Å². The minimum absolute atomic E-state index is 0.368. The Bertz CT molecular complexity index is 1580. The van der Waals surface area contributed by atoms with Crippen molar-refractivity contribution in [2.75, 3.05) is 75.2 Å². The SMILES string of the molecule is COCC1OC(O[C@H]2[C@H](O)C(COC3OC(CO)[C@@H](OC)[C@H](O)[C@@H]3O)OC(OCC3OC(O[C@H]4[C@H](O)C(CO)OC(OC)[C@H]4O)[C@@H](O)[C@@H](O)[C@@H]3OC)[C@H]2O)[C@@H](OC2OC(CO)[C@@H](O)[C@H](O)[C@@H]2OC)[C@@H](O)[C@@H]1O. The summed E-state index contributed by atoms with van der Waals surface area (Å²) in [6.07, 6.45) is -50.4. The highest BCUT2D eigenvalue weighted by Crippen LogP contribution is 2.36. The van der Waals surface area contributed by atoms with Crippen molar-refractivity contribution in [3.63, 3.8) is 0 Å². The maximum Gasteiger partial charge on any atom is 0.187 e. The third-order valence-electron chi connectivity index (χ3n) is 13.5. The van der Waals surface area contributed by atoms with E-state index >= 15 is 0 Å². The molecule has 6 aliphatic heterocycles. The molecular formula is C41H72O31. The third kappa shape index (κ3) is 12.7. The first-order valence-electron chi connectivity index (χ1n) is 23.1. The van der Waals surface area contributed by atoms with Crippen molar-refractivity contribution >= 4 is 0 Å². The highest BCUT2D eigenvalue weighted by atomic mass is 16.8. The van der Waals surface area contributed by atoms with Crippen LogP contribution in [0.4, 0.5) is 0 Å². The van der Waals surface area contributed by atoms with Crippen LogP contribution in [-0.4, -0.2) is 336 Å². The molecule has 0 spiro atoms. The van der Waals surface area contributed by atoms with Gasteiger partial charge in [0.2, 0.25) is 0 Å². The van der Waals surface area contributed by atoms with Gasteiger partial charge >= 0.3 is 0 Å². The Morgan fingerprint density at radius 1 is 0.278 bits per heavy atom. The van der Waals surface area contributed by atoms with Gasteiger partial charge in [-0.25, -0.2) is 0 Å². The number of rotatable bonds is 21. The molecule has 30 atom stereocenters. The molecule has 15 N–H and O–H groups in total. The first-order valence-corrected chi connectivity index (χ1v) is 23.1. The maximum atomic E-state index is 12.0. The lowest BCUT2D eigenvalue weighted by Gasteiger charge is -2.49. The summed E-state index contributed by atoms with van der Waals surface area (Å²) < 4.78 is 90.5. The molecule has 0 radical (unpaired) electrons. The maximum absolute atomic E-state index is 12.0. The normalized spacial score (nSPS) is 50.5. The molecule has 0 amide bonds. The molecule has 0 aromatic carbocycles. The van der Waals surface area contributed by atoms with Crippen LogP contribution in [0.5, 0.6) is 0 Å². The zero-order valence-corrected chi connectivity index (χ0v) is 39.8. The molecule has 31 heteroatoms. The number of hydrogen-bond acceptors (Lipinski definition) is 31. The van der Waals surface area contributed by atoms with Gasteiger partial charge in [-0.1, -0.05) is 0 Å². The van der Waals surface area contributed by atoms with Gasteiger partial charge in [0.05, 0.1) is 39.6 Å². The summed E-state index contributed by atoms with van der Waals surface area (Å²) in [6.45, 7) is -4.10. The van der Waals surface area contributed by atoms with Crippen LogP contribution >= 0.6 is 0 Å². The summed E-state index contributed by atoms with van der Waals surface area (Å²) >= 11 is 0. The van der Waals surface area contributed by atoms with E-state index in [2.05, 4.69) is 0 Å². The van der Waals surface area contributed by atoms with Crippen LogP contribution in [-0.2, 0) is 75.8 Å². The highest BCUT2D eigenvalue weighted by molar-refractivity contribution is 4.99. The molecule has 6 aliphatic rings. The Morgan fingerprint density at radius 3 is 1.21 bits per heavy atom. The number of aliphatic hydroxyl groups is 15. The average molecular weight is 1060 g/mol. The Balaban J connectivity index is 1.28. The molecule has 0 saturated carbocycles. The van der Waals surface area contributed by atoms with Gasteiger partial charge in [-0.2, -0.15) is 0 Å². The fourth-order valence-electron chi connectivity index (χ4n) is 9.39. The highest BCUT2D eigenvalue weighted by Gasteiger charge is 2.57. The summed E-state index contributed by atoms with van der Waals surface area (Å²) in [5.74, 6) is 0. The van der Waals surface area contributed by atoms with Gasteiger partial charge < -0.3 is 152 Å². The standard InChI is InChI=1S/C41H72O31/c1-57-9-15-19(46)23(50)35(72-40-34(60-4)22(49)18(45)12(6-42)65-40)41(68-15)71-33-21(48)16(10-62-37-26(53)24(51)30(58-2)14(8-44)66-37)67-38(29(33)56)63-11-17-31(59-3)25(52)27(54)39(69-17)70-32-20(47)13(7-43)64-36(61-5)28(32)55/h12-56H,6-11H2,1-5H3/t12?,13?,14?,15?,16?,17?,18-,19-,20-,21-,22+,23+,24-,25-,26+,27+,28+,29+,30-,31-,32+,33+,34+,35+,36?,37?,38?,39?,40?,41?/m1/s1. The van der Waals surface area contributed by atoms with E-state index < -0.39 is 217 Å². The van der Waals surface area contributed by atoms with Crippen molar-refractivity contribution in [2.45, 2.75) is 184 Å². The summed E-state index contributed by atoms with van der Waals surface area (Å²) in [5.41, 5.74) is 0. The number of aliphatic hydroxyl groups excluding tert-OH is 15. The molecule has 422 valence electrons. The molecule has 0 aromatic rings. The Hall–Kier alpha value is -1.24. The van der Waals surface area contributed by atoms with Crippen LogP contribution in [0.25, 0.3) is 0 Å². The van der Waals surface area contributed by atoms with Gasteiger partial charge in [-0.15, -0.1) is 0 Å². The van der Waals surface area contributed by atoms with E-state index in [9.17, 15) is 76.6 Å². The van der Waals surface area contributed by atoms with E-state index in [-0.39, 0.29) is 6.61 Å². The van der Waals surface area contributed by atoms with E-state index in [1.807, 2.05) is 0 Å². The summed E-state index contributed by atoms with van der Waals surface area (Å²) in [5, 5.41) is 163. The minimum atomic E-state index is -2.10. The van der Waals surface area contributed by atoms with Crippen LogP contribution in [0, 0.1) is 0 Å². The minimum Gasteiger partial charge on any atom is -0.394 e. The number of methoxy groups -OCH3 is 5. The molecule has 12 unspecified atom stereocenters. The van der Waals surface area contributed by atoms with E-state index in [4.69, 9.17) is 75.8 Å². The van der Waals surface area contributed by atoms with Gasteiger partial charge in [-0.3, -0.25) is 0 Å². The van der Waals surface area contributed by atoms with Crippen molar-refractivity contribution in [3.05, 3.63) is 0 Å².